The topological polar surface area (TPSA) is 87.3 Å². The summed E-state index contributed by atoms with van der Waals surface area (Å²) in [6, 6.07) is 27.2. The van der Waals surface area contributed by atoms with Crippen LogP contribution in [0.4, 0.5) is 10.5 Å². The van der Waals surface area contributed by atoms with E-state index in [1.165, 1.54) is 0 Å². The Morgan fingerprint density at radius 2 is 1.45 bits per heavy atom. The highest BCUT2D eigenvalue weighted by molar-refractivity contribution is 5.83. The molecule has 2 aromatic heterocycles. The minimum Gasteiger partial charge on any atom is -0.402 e. The third kappa shape index (κ3) is 8.11. The van der Waals surface area contributed by atoms with Gasteiger partial charge in [-0.15, -0.1) is 0 Å². The zero-order chi connectivity index (χ0) is 39.7. The van der Waals surface area contributed by atoms with Gasteiger partial charge in [0.2, 0.25) is 11.8 Å². The van der Waals surface area contributed by atoms with Crippen LogP contribution in [0, 0.1) is 41.6 Å². The Labute approximate surface area is 331 Å². The van der Waals surface area contributed by atoms with Crippen LogP contribution in [0.1, 0.15) is 73.3 Å². The van der Waals surface area contributed by atoms with Crippen molar-refractivity contribution in [3.63, 3.8) is 0 Å². The third-order valence-electron chi connectivity index (χ3n) is 12.1. The summed E-state index contributed by atoms with van der Waals surface area (Å²) in [6.45, 7) is 25.8. The first-order valence-electron chi connectivity index (χ1n) is 20.3. The Morgan fingerprint density at radius 1 is 0.875 bits per heavy atom. The Hall–Kier alpha value is -5.36. The van der Waals surface area contributed by atoms with Crippen molar-refractivity contribution in [2.75, 3.05) is 26.2 Å². The lowest BCUT2D eigenvalue weighted by Gasteiger charge is -2.48. The number of hydrogen-bond acceptors (Lipinski definition) is 4. The molecule has 9 nitrogen and oxygen atoms in total. The van der Waals surface area contributed by atoms with Crippen molar-refractivity contribution < 1.29 is 14.3 Å². The number of nitrogens with zero attached hydrogens (tertiary/aromatic N) is 5. The highest BCUT2D eigenvalue weighted by Gasteiger charge is 2.43. The second-order valence-corrected chi connectivity index (χ2v) is 17.7. The number of carbonyl (C=O) groups is 2. The second kappa shape index (κ2) is 16.0. The first kappa shape index (κ1) is 38.9. The zero-order valence-electron chi connectivity index (χ0n) is 34.0. The van der Waals surface area contributed by atoms with Crippen LogP contribution < -0.4 is 4.74 Å². The fraction of sp³-hybridized carbons (Fsp3) is 0.447. The number of H-pyrrole nitrogens is 1. The van der Waals surface area contributed by atoms with Crippen LogP contribution in [0.5, 0.6) is 5.88 Å². The molecular formula is C47H56N6O3. The van der Waals surface area contributed by atoms with Crippen molar-refractivity contribution in [3.8, 4) is 39.5 Å². The predicted octanol–water partition coefficient (Wildman–Crippen LogP) is 10.8. The van der Waals surface area contributed by atoms with E-state index in [1.54, 1.807) is 21.2 Å². The van der Waals surface area contributed by atoms with Gasteiger partial charge in [-0.05, 0) is 101 Å². The number of amides is 2. The lowest BCUT2D eigenvalue weighted by atomic mass is 9.57. The van der Waals surface area contributed by atoms with Crippen LogP contribution in [0.15, 0.2) is 78.9 Å². The van der Waals surface area contributed by atoms with Gasteiger partial charge in [-0.1, -0.05) is 102 Å². The molecule has 3 heterocycles. The van der Waals surface area contributed by atoms with Crippen molar-refractivity contribution in [3.05, 3.63) is 95.8 Å². The summed E-state index contributed by atoms with van der Waals surface area (Å²) in [7, 11) is 0. The van der Waals surface area contributed by atoms with E-state index in [2.05, 4.69) is 94.0 Å². The fourth-order valence-electron chi connectivity index (χ4n) is 9.41. The Morgan fingerprint density at radius 3 is 1.98 bits per heavy atom. The maximum absolute atomic E-state index is 13.9. The van der Waals surface area contributed by atoms with E-state index in [0.717, 1.165) is 52.6 Å². The maximum Gasteiger partial charge on any atom is 0.415 e. The molecule has 0 bridgehead atoms. The van der Waals surface area contributed by atoms with Gasteiger partial charge in [0.1, 0.15) is 5.65 Å². The van der Waals surface area contributed by atoms with Gasteiger partial charge in [0.25, 0.3) is 5.69 Å². The number of ether oxygens (including phenoxy) is 1. The van der Waals surface area contributed by atoms with Gasteiger partial charge in [0.05, 0.1) is 6.57 Å². The van der Waals surface area contributed by atoms with E-state index in [9.17, 15) is 9.59 Å². The van der Waals surface area contributed by atoms with Crippen molar-refractivity contribution in [2.45, 2.75) is 74.1 Å². The summed E-state index contributed by atoms with van der Waals surface area (Å²) in [5.74, 6) is 3.23. The second-order valence-electron chi connectivity index (χ2n) is 17.7. The maximum atomic E-state index is 13.9. The quantitative estimate of drug-likeness (QED) is 0.160. The SMILES string of the molecule is [C-]#[N+]c1c(CC2C(CC(C)C)CC(C)CC2C(C)(C)C)c2nc(-c3cc(-c4ccccc4)cc(-c4ccccc4)c3)[nH]n2c1OC(=O)N1CCN(C(C)=O)CC1. The van der Waals surface area contributed by atoms with Crippen LogP contribution >= 0.6 is 0 Å². The van der Waals surface area contributed by atoms with Crippen molar-refractivity contribution >= 4 is 23.3 Å². The highest BCUT2D eigenvalue weighted by atomic mass is 16.6. The van der Waals surface area contributed by atoms with Gasteiger partial charge in [-0.3, -0.25) is 9.89 Å². The number of fused-ring (bicyclic) bond motifs is 1. The number of nitrogens with one attached hydrogen (secondary N) is 1. The third-order valence-corrected chi connectivity index (χ3v) is 12.1. The number of benzene rings is 3. The van der Waals surface area contributed by atoms with E-state index in [4.69, 9.17) is 16.3 Å². The first-order valence-corrected chi connectivity index (χ1v) is 20.3. The molecule has 4 atom stereocenters. The number of piperazine rings is 1. The minimum absolute atomic E-state index is 0.00978. The molecule has 2 amide bonds. The number of aromatic nitrogens is 3. The summed E-state index contributed by atoms with van der Waals surface area (Å²) in [5, 5.41) is 3.51. The van der Waals surface area contributed by atoms with E-state index < -0.39 is 6.09 Å². The van der Waals surface area contributed by atoms with E-state index in [0.29, 0.717) is 79.3 Å². The molecule has 3 aromatic carbocycles. The molecule has 1 aliphatic carbocycles. The number of carbonyl (C=O) groups excluding carboxylic acids is 2. The lowest BCUT2D eigenvalue weighted by molar-refractivity contribution is -0.130. The molecule has 1 saturated carbocycles. The smallest absolute Gasteiger partial charge is 0.402 e. The Balaban J connectivity index is 1.37. The molecule has 7 rings (SSSR count). The molecule has 0 radical (unpaired) electrons. The Bertz CT molecular complexity index is 2160. The summed E-state index contributed by atoms with van der Waals surface area (Å²) in [6.07, 6.45) is 3.57. The molecule has 2 aliphatic rings. The highest BCUT2D eigenvalue weighted by Crippen LogP contribution is 2.51. The van der Waals surface area contributed by atoms with Gasteiger partial charge in [-0.25, -0.2) is 19.1 Å². The molecule has 4 unspecified atom stereocenters. The summed E-state index contributed by atoms with van der Waals surface area (Å²) in [4.78, 5) is 38.6. The molecule has 0 spiro atoms. The van der Waals surface area contributed by atoms with Crippen LogP contribution in [0.25, 0.3) is 44.1 Å². The molecule has 1 saturated heterocycles. The van der Waals surface area contributed by atoms with Crippen molar-refractivity contribution in [1.82, 2.24) is 24.4 Å². The molecule has 2 fully saturated rings. The zero-order valence-corrected chi connectivity index (χ0v) is 34.0. The van der Waals surface area contributed by atoms with Crippen molar-refractivity contribution in [2.24, 2.45) is 35.0 Å². The van der Waals surface area contributed by atoms with Crippen LogP contribution in [-0.2, 0) is 11.2 Å². The van der Waals surface area contributed by atoms with Gasteiger partial charge in [0.15, 0.2) is 5.82 Å². The van der Waals surface area contributed by atoms with Crippen LogP contribution in [0.2, 0.25) is 0 Å². The Kier molecular flexibility index (Phi) is 11.1. The average Bonchev–Trinajstić information content (AvgIpc) is 3.73. The molecular weight excluding hydrogens is 697 g/mol. The van der Waals surface area contributed by atoms with Crippen molar-refractivity contribution in [1.29, 1.82) is 0 Å². The number of rotatable bonds is 8. The van der Waals surface area contributed by atoms with E-state index in [1.807, 2.05) is 36.4 Å². The standard InChI is InChI=1S/C47H56N6O3/c1-30(2)23-37-24-31(3)25-41(47(5,6)7)39(37)29-40-42(48-8)45(56-46(55)52-21-19-51(20-22-52)32(4)54)53-44(40)49-43(50-53)38-27-35(33-15-11-9-12-16-33)26-36(28-38)34-17-13-10-14-18-34/h9-18,26-28,30-31,37,39,41H,19-25,29H2,1-7H3,(H,49,50). The average molecular weight is 753 g/mol. The lowest BCUT2D eigenvalue weighted by Crippen LogP contribution is -2.50. The minimum atomic E-state index is -0.533. The molecule has 9 heteroatoms. The van der Waals surface area contributed by atoms with Gasteiger partial charge in [-0.2, -0.15) is 0 Å². The fourth-order valence-corrected chi connectivity index (χ4v) is 9.41. The van der Waals surface area contributed by atoms with Gasteiger partial charge < -0.3 is 14.5 Å². The summed E-state index contributed by atoms with van der Waals surface area (Å²) >= 11 is 0. The normalized spacial score (nSPS) is 20.3. The molecule has 292 valence electrons. The molecule has 56 heavy (non-hydrogen) atoms. The molecule has 1 aliphatic heterocycles. The van der Waals surface area contributed by atoms with Crippen LogP contribution in [0.3, 0.4) is 0 Å². The molecule has 5 aromatic rings. The summed E-state index contributed by atoms with van der Waals surface area (Å²) < 4.78 is 7.98. The first-order chi connectivity index (χ1) is 26.8. The van der Waals surface area contributed by atoms with E-state index in [-0.39, 0.29) is 17.2 Å². The number of aromatic amines is 1. The predicted molar refractivity (Wildman–Crippen MR) is 223 cm³/mol. The van der Waals surface area contributed by atoms with E-state index >= 15 is 0 Å². The monoisotopic (exact) mass is 752 g/mol. The molecule has 1 N–H and O–H groups in total. The van der Waals surface area contributed by atoms with Gasteiger partial charge >= 0.3 is 6.09 Å². The number of hydrogen-bond donors (Lipinski definition) is 1. The summed E-state index contributed by atoms with van der Waals surface area (Å²) in [5.41, 5.74) is 7.05. The largest absolute Gasteiger partial charge is 0.415 e. The van der Waals surface area contributed by atoms with Gasteiger partial charge in [0, 0.05) is 44.2 Å². The van der Waals surface area contributed by atoms with Crippen LogP contribution in [-0.4, -0.2) is 62.6 Å².